The molecule has 0 saturated carbocycles. The molecule has 0 aromatic heterocycles. The molecule has 1 atom stereocenters. The van der Waals surface area contributed by atoms with Crippen LogP contribution in [0.5, 0.6) is 0 Å². The van der Waals surface area contributed by atoms with Crippen LogP contribution in [0.1, 0.15) is 18.5 Å². The molecule has 1 heterocycles. The Morgan fingerprint density at radius 3 is 2.31 bits per heavy atom. The Bertz CT molecular complexity index is 990. The number of halogens is 1. The molecule has 0 aliphatic carbocycles. The number of nitro benzene ring substituents is 1. The number of piperazine rings is 1. The minimum Gasteiger partial charge on any atom is -0.373 e. The van der Waals surface area contributed by atoms with E-state index in [0.717, 1.165) is 11.6 Å². The van der Waals surface area contributed by atoms with Crippen molar-refractivity contribution in [3.8, 4) is 0 Å². The first kappa shape index (κ1) is 21.2. The van der Waals surface area contributed by atoms with Gasteiger partial charge in [-0.15, -0.1) is 0 Å². The van der Waals surface area contributed by atoms with E-state index in [9.17, 15) is 22.9 Å². The SMILES string of the molecule is CC(Nc1ccc(S(=O)(=O)N2CCN(C)CC2)cc1[N+](=O)[O-])c1ccc(F)cc1. The largest absolute Gasteiger partial charge is 0.373 e. The summed E-state index contributed by atoms with van der Waals surface area (Å²) >= 11 is 0. The molecule has 2 aromatic rings. The molecule has 1 saturated heterocycles. The van der Waals surface area contributed by atoms with Gasteiger partial charge in [0.2, 0.25) is 10.0 Å². The summed E-state index contributed by atoms with van der Waals surface area (Å²) in [5.41, 5.74) is 0.619. The number of rotatable bonds is 6. The van der Waals surface area contributed by atoms with Crippen LogP contribution >= 0.6 is 0 Å². The predicted octanol–water partition coefficient (Wildman–Crippen LogP) is 2.84. The molecule has 1 aliphatic rings. The zero-order valence-corrected chi connectivity index (χ0v) is 17.0. The van der Waals surface area contributed by atoms with Gasteiger partial charge in [0.05, 0.1) is 9.82 Å². The quantitative estimate of drug-likeness (QED) is 0.568. The molecule has 1 N–H and O–H groups in total. The maximum absolute atomic E-state index is 13.1. The molecule has 1 fully saturated rings. The smallest absolute Gasteiger partial charge is 0.293 e. The van der Waals surface area contributed by atoms with Crippen molar-refractivity contribution in [2.24, 2.45) is 0 Å². The second-order valence-corrected chi connectivity index (χ2v) is 9.00. The first-order valence-electron chi connectivity index (χ1n) is 9.17. The zero-order valence-electron chi connectivity index (χ0n) is 16.2. The van der Waals surface area contributed by atoms with Gasteiger partial charge in [-0.2, -0.15) is 4.31 Å². The molecule has 3 rings (SSSR count). The van der Waals surface area contributed by atoms with Crippen LogP contribution in [0.25, 0.3) is 0 Å². The molecule has 29 heavy (non-hydrogen) atoms. The van der Waals surface area contributed by atoms with E-state index in [0.29, 0.717) is 26.2 Å². The van der Waals surface area contributed by atoms with Crippen LogP contribution in [0, 0.1) is 15.9 Å². The van der Waals surface area contributed by atoms with Crippen molar-refractivity contribution in [2.75, 3.05) is 38.5 Å². The molecule has 0 bridgehead atoms. The maximum Gasteiger partial charge on any atom is 0.293 e. The molecule has 1 unspecified atom stereocenters. The van der Waals surface area contributed by atoms with E-state index >= 15 is 0 Å². The van der Waals surface area contributed by atoms with Crippen LogP contribution in [-0.4, -0.2) is 55.8 Å². The Morgan fingerprint density at radius 2 is 1.72 bits per heavy atom. The van der Waals surface area contributed by atoms with Gasteiger partial charge in [-0.05, 0) is 43.8 Å². The van der Waals surface area contributed by atoms with Crippen molar-refractivity contribution in [1.29, 1.82) is 0 Å². The van der Waals surface area contributed by atoms with Crippen molar-refractivity contribution in [3.63, 3.8) is 0 Å². The Hall–Kier alpha value is -2.56. The van der Waals surface area contributed by atoms with E-state index in [1.165, 1.54) is 28.6 Å². The summed E-state index contributed by atoms with van der Waals surface area (Å²) in [5, 5.41) is 14.6. The molecular weight excluding hydrogens is 399 g/mol. The Balaban J connectivity index is 1.87. The molecule has 10 heteroatoms. The first-order chi connectivity index (χ1) is 13.7. The third kappa shape index (κ3) is 4.72. The van der Waals surface area contributed by atoms with Crippen molar-refractivity contribution in [2.45, 2.75) is 17.9 Å². The minimum atomic E-state index is -3.81. The number of hydrogen-bond donors (Lipinski definition) is 1. The van der Waals surface area contributed by atoms with E-state index in [4.69, 9.17) is 0 Å². The van der Waals surface area contributed by atoms with E-state index in [-0.39, 0.29) is 28.1 Å². The minimum absolute atomic E-state index is 0.103. The van der Waals surface area contributed by atoms with Crippen LogP contribution < -0.4 is 5.32 Å². The maximum atomic E-state index is 13.1. The van der Waals surface area contributed by atoms with Gasteiger partial charge in [0, 0.05) is 38.3 Å². The number of nitro groups is 1. The molecular formula is C19H23FN4O4S. The van der Waals surface area contributed by atoms with Crippen molar-refractivity contribution in [3.05, 3.63) is 64.0 Å². The summed E-state index contributed by atoms with van der Waals surface area (Å²) in [6.07, 6.45) is 0. The highest BCUT2D eigenvalue weighted by Crippen LogP contribution is 2.32. The van der Waals surface area contributed by atoms with Gasteiger partial charge >= 0.3 is 0 Å². The van der Waals surface area contributed by atoms with Crippen LogP contribution in [0.3, 0.4) is 0 Å². The zero-order chi connectivity index (χ0) is 21.2. The number of benzene rings is 2. The molecule has 1 aliphatic heterocycles. The Kier molecular flexibility index (Phi) is 6.15. The van der Waals surface area contributed by atoms with Gasteiger partial charge in [0.15, 0.2) is 0 Å². The van der Waals surface area contributed by atoms with Gasteiger partial charge in [-0.25, -0.2) is 12.8 Å². The fraction of sp³-hybridized carbons (Fsp3) is 0.368. The average Bonchev–Trinajstić information content (AvgIpc) is 2.68. The van der Waals surface area contributed by atoms with Crippen LogP contribution in [0.15, 0.2) is 47.4 Å². The third-order valence-electron chi connectivity index (χ3n) is 5.01. The van der Waals surface area contributed by atoms with Gasteiger partial charge in [-0.3, -0.25) is 10.1 Å². The van der Waals surface area contributed by atoms with Crippen molar-refractivity contribution >= 4 is 21.4 Å². The first-order valence-corrected chi connectivity index (χ1v) is 10.6. The van der Waals surface area contributed by atoms with Crippen LogP contribution in [-0.2, 0) is 10.0 Å². The Labute approximate surface area is 169 Å². The molecule has 0 radical (unpaired) electrons. The summed E-state index contributed by atoms with van der Waals surface area (Å²) in [6, 6.07) is 9.33. The fourth-order valence-electron chi connectivity index (χ4n) is 3.19. The number of nitrogens with zero attached hydrogens (tertiary/aromatic N) is 3. The van der Waals surface area contributed by atoms with E-state index in [2.05, 4.69) is 5.32 Å². The van der Waals surface area contributed by atoms with E-state index in [1.807, 2.05) is 11.9 Å². The number of hydrogen-bond acceptors (Lipinski definition) is 6. The molecule has 8 nitrogen and oxygen atoms in total. The number of sulfonamides is 1. The normalized spacial score (nSPS) is 17.1. The lowest BCUT2D eigenvalue weighted by Gasteiger charge is -2.31. The molecule has 0 amide bonds. The van der Waals surface area contributed by atoms with Gasteiger partial charge in [0.25, 0.3) is 5.69 Å². The molecule has 0 spiro atoms. The van der Waals surface area contributed by atoms with Gasteiger partial charge in [0.1, 0.15) is 11.5 Å². The number of anilines is 1. The van der Waals surface area contributed by atoms with Gasteiger partial charge < -0.3 is 10.2 Å². The fourth-order valence-corrected chi connectivity index (χ4v) is 4.63. The number of likely N-dealkylation sites (N-methyl/N-ethyl adjacent to an activating group) is 1. The van der Waals surface area contributed by atoms with E-state index in [1.54, 1.807) is 19.1 Å². The summed E-state index contributed by atoms with van der Waals surface area (Å²) in [6.45, 7) is 3.68. The van der Waals surface area contributed by atoms with Crippen LogP contribution in [0.2, 0.25) is 0 Å². The second kappa shape index (κ2) is 8.44. The van der Waals surface area contributed by atoms with E-state index < -0.39 is 14.9 Å². The highest BCUT2D eigenvalue weighted by Gasteiger charge is 2.29. The molecule has 156 valence electrons. The predicted molar refractivity (Wildman–Crippen MR) is 108 cm³/mol. The topological polar surface area (TPSA) is 95.8 Å². The highest BCUT2D eigenvalue weighted by atomic mass is 32.2. The summed E-state index contributed by atoms with van der Waals surface area (Å²) < 4.78 is 40.2. The van der Waals surface area contributed by atoms with Crippen LogP contribution in [0.4, 0.5) is 15.8 Å². The monoisotopic (exact) mass is 422 g/mol. The average molecular weight is 422 g/mol. The standard InChI is InChI=1S/C19H23FN4O4S/c1-14(15-3-5-16(20)6-4-15)21-18-8-7-17(13-19(18)24(25)26)29(27,28)23-11-9-22(2)10-12-23/h3-8,13-14,21H,9-12H2,1-2H3. The Morgan fingerprint density at radius 1 is 1.10 bits per heavy atom. The highest BCUT2D eigenvalue weighted by molar-refractivity contribution is 7.89. The summed E-state index contributed by atoms with van der Waals surface area (Å²) in [5.74, 6) is -0.370. The third-order valence-corrected chi connectivity index (χ3v) is 6.90. The summed E-state index contributed by atoms with van der Waals surface area (Å²) in [4.78, 5) is 12.9. The van der Waals surface area contributed by atoms with Crippen molar-refractivity contribution < 1.29 is 17.7 Å². The number of nitrogens with one attached hydrogen (secondary N) is 1. The lowest BCUT2D eigenvalue weighted by atomic mass is 10.1. The lowest BCUT2D eigenvalue weighted by molar-refractivity contribution is -0.384. The lowest BCUT2D eigenvalue weighted by Crippen LogP contribution is -2.47. The van der Waals surface area contributed by atoms with Gasteiger partial charge in [-0.1, -0.05) is 12.1 Å². The second-order valence-electron chi connectivity index (χ2n) is 7.06. The van der Waals surface area contributed by atoms with Crippen molar-refractivity contribution in [1.82, 2.24) is 9.21 Å². The molecule has 2 aromatic carbocycles. The summed E-state index contributed by atoms with van der Waals surface area (Å²) in [7, 11) is -1.90.